The summed E-state index contributed by atoms with van der Waals surface area (Å²) in [5, 5.41) is 0. The number of rotatable bonds is 0. The van der Waals surface area contributed by atoms with Crippen LogP contribution in [0.4, 0.5) is 9.59 Å². The molecule has 19 heavy (non-hydrogen) atoms. The normalized spacial score (nSPS) is 40.9. The van der Waals surface area contributed by atoms with Crippen LogP contribution in [-0.4, -0.2) is 101 Å². The Morgan fingerprint density at radius 2 is 1.26 bits per heavy atom. The van der Waals surface area contributed by atoms with Gasteiger partial charge in [-0.2, -0.15) is 0 Å². The van der Waals surface area contributed by atoms with Gasteiger partial charge in [-0.05, 0) is 0 Å². The molecule has 2 unspecified atom stereocenters. The Morgan fingerprint density at radius 3 is 1.74 bits per heavy atom. The number of carbonyl (C=O) groups is 2. The zero-order valence-electron chi connectivity index (χ0n) is 11.2. The first-order valence-electron chi connectivity index (χ1n) is 6.59. The minimum absolute atomic E-state index is 0.0136. The predicted molar refractivity (Wildman–Crippen MR) is 65.6 cm³/mol. The summed E-state index contributed by atoms with van der Waals surface area (Å²) in [6.07, 6.45) is -0.321. The van der Waals surface area contributed by atoms with Gasteiger partial charge >= 0.3 is 12.1 Å². The molecular formula is C11H18N6O2. The lowest BCUT2D eigenvalue weighted by Crippen LogP contribution is -2.55. The summed E-state index contributed by atoms with van der Waals surface area (Å²) in [6.45, 7) is 3.97. The Morgan fingerprint density at radius 1 is 0.789 bits per heavy atom. The van der Waals surface area contributed by atoms with Crippen LogP contribution in [0.15, 0.2) is 0 Å². The molecule has 4 amide bonds. The van der Waals surface area contributed by atoms with Crippen LogP contribution >= 0.6 is 0 Å². The number of hydrogen-bond acceptors (Lipinski definition) is 4. The molecule has 0 aliphatic carbocycles. The fourth-order valence-electron chi connectivity index (χ4n) is 3.66. The lowest BCUT2D eigenvalue weighted by atomic mass is 10.3. The molecular weight excluding hydrogens is 248 g/mol. The van der Waals surface area contributed by atoms with Gasteiger partial charge in [0.05, 0.1) is 20.0 Å². The maximum atomic E-state index is 12.4. The van der Waals surface area contributed by atoms with Crippen LogP contribution in [0.1, 0.15) is 0 Å². The molecule has 4 aliphatic rings. The summed E-state index contributed by atoms with van der Waals surface area (Å²) in [7, 11) is 3.55. The predicted octanol–water partition coefficient (Wildman–Crippen LogP) is -1.12. The second-order valence-corrected chi connectivity index (χ2v) is 5.77. The molecule has 4 rings (SSSR count). The van der Waals surface area contributed by atoms with E-state index in [9.17, 15) is 9.59 Å². The molecule has 8 nitrogen and oxygen atoms in total. The Labute approximate surface area is 111 Å². The molecule has 8 heteroatoms. The molecule has 2 atom stereocenters. The maximum Gasteiger partial charge on any atom is 0.324 e. The van der Waals surface area contributed by atoms with Crippen LogP contribution in [0, 0.1) is 0 Å². The van der Waals surface area contributed by atoms with Crippen LogP contribution in [0.5, 0.6) is 0 Å². The first-order chi connectivity index (χ1) is 9.08. The van der Waals surface area contributed by atoms with E-state index in [-0.39, 0.29) is 24.4 Å². The summed E-state index contributed by atoms with van der Waals surface area (Å²) < 4.78 is 0. The van der Waals surface area contributed by atoms with E-state index in [0.29, 0.717) is 13.3 Å². The van der Waals surface area contributed by atoms with Crippen molar-refractivity contribution in [3.63, 3.8) is 0 Å². The monoisotopic (exact) mass is 266 g/mol. The lowest BCUT2D eigenvalue weighted by molar-refractivity contribution is 0.0289. The molecule has 2 bridgehead atoms. The first-order valence-corrected chi connectivity index (χ1v) is 6.59. The Kier molecular flexibility index (Phi) is 2.09. The van der Waals surface area contributed by atoms with Gasteiger partial charge < -0.3 is 9.80 Å². The van der Waals surface area contributed by atoms with E-state index in [2.05, 4.69) is 9.80 Å². The minimum Gasteiger partial charge on any atom is -0.303 e. The zero-order chi connectivity index (χ0) is 13.3. The molecule has 0 aromatic carbocycles. The summed E-state index contributed by atoms with van der Waals surface area (Å²) in [4.78, 5) is 36.3. The number of urea groups is 2. The summed E-state index contributed by atoms with van der Waals surface area (Å²) in [5.41, 5.74) is 0. The summed E-state index contributed by atoms with van der Waals surface area (Å²) in [5.74, 6) is 0. The Hall–Kier alpha value is -1.54. The first kappa shape index (κ1) is 11.3. The zero-order valence-corrected chi connectivity index (χ0v) is 11.2. The van der Waals surface area contributed by atoms with Crippen LogP contribution in [0.2, 0.25) is 0 Å². The highest BCUT2D eigenvalue weighted by atomic mass is 16.2. The molecule has 0 aromatic rings. The largest absolute Gasteiger partial charge is 0.324 e. The van der Waals surface area contributed by atoms with E-state index in [1.807, 2.05) is 9.80 Å². The van der Waals surface area contributed by atoms with Crippen LogP contribution in [-0.2, 0) is 0 Å². The fraction of sp³-hybridized carbons (Fsp3) is 0.818. The van der Waals surface area contributed by atoms with Crippen molar-refractivity contribution >= 4 is 12.1 Å². The van der Waals surface area contributed by atoms with Gasteiger partial charge in [-0.3, -0.25) is 19.6 Å². The van der Waals surface area contributed by atoms with Crippen LogP contribution < -0.4 is 0 Å². The SMILES string of the molecule is CN1C(=O)N2CN3CCN(C3)CN3C(=O)N(C)C1C23. The molecule has 0 radical (unpaired) electrons. The number of fused-ring (bicyclic) bond motifs is 2. The van der Waals surface area contributed by atoms with Crippen LogP contribution in [0.3, 0.4) is 0 Å². The van der Waals surface area contributed by atoms with Crippen molar-refractivity contribution in [2.24, 2.45) is 0 Å². The quantitative estimate of drug-likeness (QED) is 0.557. The third kappa shape index (κ3) is 1.30. The molecule has 4 aliphatic heterocycles. The summed E-state index contributed by atoms with van der Waals surface area (Å²) >= 11 is 0. The highest BCUT2D eigenvalue weighted by Crippen LogP contribution is 2.34. The Balaban J connectivity index is 1.76. The molecule has 0 aromatic heterocycles. The van der Waals surface area contributed by atoms with Gasteiger partial charge in [0.15, 0.2) is 6.17 Å². The Bertz CT molecular complexity index is 418. The van der Waals surface area contributed by atoms with E-state index in [1.165, 1.54) is 0 Å². The van der Waals surface area contributed by atoms with E-state index in [4.69, 9.17) is 0 Å². The third-order valence-corrected chi connectivity index (χ3v) is 4.63. The van der Waals surface area contributed by atoms with Crippen LogP contribution in [0.25, 0.3) is 0 Å². The van der Waals surface area contributed by atoms with Gasteiger partial charge in [0.1, 0.15) is 6.17 Å². The number of hydrogen-bond donors (Lipinski definition) is 0. The second-order valence-electron chi connectivity index (χ2n) is 5.77. The smallest absolute Gasteiger partial charge is 0.303 e. The van der Waals surface area contributed by atoms with Gasteiger partial charge in [-0.1, -0.05) is 0 Å². The highest BCUT2D eigenvalue weighted by molar-refractivity contribution is 5.84. The van der Waals surface area contributed by atoms with Gasteiger partial charge in [0, 0.05) is 27.2 Å². The van der Waals surface area contributed by atoms with E-state index < -0.39 is 0 Å². The molecule has 104 valence electrons. The number of carbonyl (C=O) groups excluding carboxylic acids is 2. The second kappa shape index (κ2) is 3.51. The molecule has 4 heterocycles. The van der Waals surface area contributed by atoms with Crippen molar-refractivity contribution in [1.82, 2.24) is 29.4 Å². The highest BCUT2D eigenvalue weighted by Gasteiger charge is 2.58. The average Bonchev–Trinajstić information content (AvgIpc) is 2.98. The van der Waals surface area contributed by atoms with Crippen molar-refractivity contribution in [2.75, 3.05) is 47.2 Å². The van der Waals surface area contributed by atoms with Crippen molar-refractivity contribution in [1.29, 1.82) is 0 Å². The number of nitrogens with zero attached hydrogens (tertiary/aromatic N) is 6. The molecule has 4 fully saturated rings. The van der Waals surface area contributed by atoms with Gasteiger partial charge in [0.2, 0.25) is 0 Å². The lowest BCUT2D eigenvalue weighted by Gasteiger charge is -2.36. The summed E-state index contributed by atoms with van der Waals surface area (Å²) in [6, 6.07) is 0.0272. The minimum atomic E-state index is -0.167. The van der Waals surface area contributed by atoms with Crippen molar-refractivity contribution in [3.05, 3.63) is 0 Å². The fourth-order valence-corrected chi connectivity index (χ4v) is 3.66. The van der Waals surface area contributed by atoms with Crippen molar-refractivity contribution in [3.8, 4) is 0 Å². The number of amides is 4. The van der Waals surface area contributed by atoms with E-state index >= 15 is 0 Å². The molecule has 0 spiro atoms. The average molecular weight is 266 g/mol. The van der Waals surface area contributed by atoms with Crippen molar-refractivity contribution in [2.45, 2.75) is 12.3 Å². The van der Waals surface area contributed by atoms with E-state index in [1.54, 1.807) is 23.9 Å². The number of likely N-dealkylation sites (N-methyl/N-ethyl adjacent to an activating group) is 2. The molecule has 4 saturated heterocycles. The van der Waals surface area contributed by atoms with Gasteiger partial charge in [0.25, 0.3) is 0 Å². The third-order valence-electron chi connectivity index (χ3n) is 4.63. The maximum absolute atomic E-state index is 12.4. The van der Waals surface area contributed by atoms with Gasteiger partial charge in [-0.15, -0.1) is 0 Å². The van der Waals surface area contributed by atoms with E-state index in [0.717, 1.165) is 19.8 Å². The van der Waals surface area contributed by atoms with Gasteiger partial charge in [-0.25, -0.2) is 9.59 Å². The topological polar surface area (TPSA) is 53.6 Å². The molecule has 0 N–H and O–H groups in total. The standard InChI is InChI=1S/C11H18N6O2/c1-12-8-9-16(10(12)18)6-14-3-4-15(5-14)7-17(9)11(19)13(8)2/h8-9H,3-7H2,1-2H3. The molecule has 0 saturated carbocycles. The van der Waals surface area contributed by atoms with Crippen molar-refractivity contribution < 1.29 is 9.59 Å².